The Morgan fingerprint density at radius 3 is 2.58 bits per heavy atom. The van der Waals surface area contributed by atoms with Gasteiger partial charge in [-0.15, -0.1) is 0 Å². The molecule has 2 aliphatic rings. The minimum absolute atomic E-state index is 0.0646. The predicted molar refractivity (Wildman–Crippen MR) is 98.3 cm³/mol. The molecule has 2 aromatic rings. The second-order valence-corrected chi connectivity index (χ2v) is 6.96. The van der Waals surface area contributed by atoms with Crippen molar-refractivity contribution < 1.29 is 9.59 Å². The molecule has 136 valence electrons. The Labute approximate surface area is 152 Å². The molecule has 26 heavy (non-hydrogen) atoms. The fourth-order valence-corrected chi connectivity index (χ4v) is 3.12. The zero-order chi connectivity index (χ0) is 17.9. The van der Waals surface area contributed by atoms with E-state index in [1.54, 1.807) is 30.3 Å². The van der Waals surface area contributed by atoms with E-state index in [0.29, 0.717) is 29.0 Å². The number of aromatic nitrogens is 2. The van der Waals surface area contributed by atoms with Gasteiger partial charge >= 0.3 is 0 Å². The van der Waals surface area contributed by atoms with Crippen molar-refractivity contribution in [1.29, 1.82) is 0 Å². The third kappa shape index (κ3) is 3.94. The molecule has 1 aromatic heterocycles. The molecule has 0 bridgehead atoms. The molecule has 2 amide bonds. The molecule has 1 saturated heterocycles. The van der Waals surface area contributed by atoms with E-state index in [9.17, 15) is 9.59 Å². The summed E-state index contributed by atoms with van der Waals surface area (Å²) in [6.45, 7) is 1.92. The van der Waals surface area contributed by atoms with Crippen molar-refractivity contribution >= 4 is 17.5 Å². The van der Waals surface area contributed by atoms with Crippen LogP contribution in [0.1, 0.15) is 52.6 Å². The Bertz CT molecular complexity index is 789. The molecule has 1 saturated carbocycles. The summed E-state index contributed by atoms with van der Waals surface area (Å²) in [5.74, 6) is -0.312. The number of hydrogen-bond acceptors (Lipinski definition) is 4. The number of carbonyl (C=O) groups excluding carboxylic acids is 2. The van der Waals surface area contributed by atoms with Crippen LogP contribution in [0.15, 0.2) is 36.5 Å². The first kappa shape index (κ1) is 16.8. The fraction of sp³-hybridized carbons (Fsp3) is 0.421. The van der Waals surface area contributed by atoms with Crippen LogP contribution in [0.4, 0.5) is 5.69 Å². The quantitative estimate of drug-likeness (QED) is 0.767. The number of carbonyl (C=O) groups is 2. The lowest BCUT2D eigenvalue weighted by Gasteiger charge is -2.22. The highest BCUT2D eigenvalue weighted by molar-refractivity contribution is 6.03. The lowest BCUT2D eigenvalue weighted by Crippen LogP contribution is -2.32. The van der Waals surface area contributed by atoms with Gasteiger partial charge in [0.15, 0.2) is 5.69 Å². The van der Waals surface area contributed by atoms with E-state index in [4.69, 9.17) is 0 Å². The molecule has 0 spiro atoms. The Morgan fingerprint density at radius 1 is 1.08 bits per heavy atom. The lowest BCUT2D eigenvalue weighted by molar-refractivity contribution is 0.0950. The number of piperidine rings is 1. The van der Waals surface area contributed by atoms with Gasteiger partial charge in [-0.3, -0.25) is 14.3 Å². The summed E-state index contributed by atoms with van der Waals surface area (Å²) in [6.07, 6.45) is 6.16. The maximum Gasteiger partial charge on any atom is 0.276 e. The van der Waals surface area contributed by atoms with Gasteiger partial charge in [-0.05, 0) is 62.6 Å². The number of amides is 2. The summed E-state index contributed by atoms with van der Waals surface area (Å²) in [5.41, 5.74) is 1.64. The molecular formula is C19H23N5O2. The monoisotopic (exact) mass is 353 g/mol. The summed E-state index contributed by atoms with van der Waals surface area (Å²) in [4.78, 5) is 24.4. The van der Waals surface area contributed by atoms with E-state index in [1.165, 1.54) is 0 Å². The second-order valence-electron chi connectivity index (χ2n) is 6.96. The highest BCUT2D eigenvalue weighted by Crippen LogP contribution is 2.20. The van der Waals surface area contributed by atoms with Crippen molar-refractivity contribution in [2.24, 2.45) is 0 Å². The smallest absolute Gasteiger partial charge is 0.276 e. The van der Waals surface area contributed by atoms with Gasteiger partial charge in [-0.1, -0.05) is 0 Å². The first-order valence-electron chi connectivity index (χ1n) is 9.17. The number of nitrogens with one attached hydrogen (secondary N) is 3. The second kappa shape index (κ2) is 7.29. The zero-order valence-corrected chi connectivity index (χ0v) is 14.6. The molecule has 7 nitrogen and oxygen atoms in total. The Morgan fingerprint density at radius 2 is 1.88 bits per heavy atom. The summed E-state index contributed by atoms with van der Waals surface area (Å²) in [7, 11) is 0. The minimum Gasteiger partial charge on any atom is -0.349 e. The van der Waals surface area contributed by atoms with Crippen LogP contribution in [0.2, 0.25) is 0 Å². The zero-order valence-electron chi connectivity index (χ0n) is 14.6. The molecule has 1 aliphatic heterocycles. The van der Waals surface area contributed by atoms with Gasteiger partial charge in [0, 0.05) is 30.0 Å². The molecule has 2 fully saturated rings. The third-order valence-electron chi connectivity index (χ3n) is 4.80. The van der Waals surface area contributed by atoms with E-state index in [1.807, 2.05) is 10.9 Å². The molecule has 7 heteroatoms. The van der Waals surface area contributed by atoms with Crippen LogP contribution in [0, 0.1) is 0 Å². The first-order valence-corrected chi connectivity index (χ1v) is 9.17. The van der Waals surface area contributed by atoms with Gasteiger partial charge in [-0.2, -0.15) is 5.10 Å². The van der Waals surface area contributed by atoms with Gasteiger partial charge in [0.1, 0.15) is 0 Å². The van der Waals surface area contributed by atoms with E-state index in [-0.39, 0.29) is 11.8 Å². The number of rotatable bonds is 5. The topological polar surface area (TPSA) is 88.0 Å². The Balaban J connectivity index is 1.36. The molecule has 0 radical (unpaired) electrons. The van der Waals surface area contributed by atoms with Crippen molar-refractivity contribution in [2.45, 2.75) is 37.8 Å². The van der Waals surface area contributed by atoms with E-state index in [2.05, 4.69) is 21.0 Å². The van der Waals surface area contributed by atoms with Gasteiger partial charge in [0.25, 0.3) is 11.8 Å². The van der Waals surface area contributed by atoms with Crippen LogP contribution in [-0.2, 0) is 0 Å². The molecule has 2 heterocycles. The molecule has 1 atom stereocenters. The molecule has 1 unspecified atom stereocenters. The maximum atomic E-state index is 12.4. The number of benzene rings is 1. The van der Waals surface area contributed by atoms with Crippen molar-refractivity contribution in [1.82, 2.24) is 20.4 Å². The van der Waals surface area contributed by atoms with Gasteiger partial charge in [-0.25, -0.2) is 0 Å². The van der Waals surface area contributed by atoms with E-state index < -0.39 is 0 Å². The van der Waals surface area contributed by atoms with Crippen molar-refractivity contribution in [2.75, 3.05) is 18.4 Å². The number of anilines is 1. The fourth-order valence-electron chi connectivity index (χ4n) is 3.12. The number of nitrogens with zero attached hydrogens (tertiary/aromatic N) is 2. The van der Waals surface area contributed by atoms with Crippen molar-refractivity contribution in [3.63, 3.8) is 0 Å². The van der Waals surface area contributed by atoms with E-state index in [0.717, 1.165) is 38.8 Å². The average molecular weight is 353 g/mol. The molecule has 1 aromatic carbocycles. The van der Waals surface area contributed by atoms with Crippen molar-refractivity contribution in [3.8, 4) is 0 Å². The standard InChI is InChI=1S/C19H23N5O2/c25-18(21-15-7-8-15)13-3-5-14(6-4-13)22-19(26)17-9-11-24(23-17)16-2-1-10-20-12-16/h3-6,9,11,15-16,20H,1-2,7-8,10,12H2,(H,21,25)(H,22,26). The third-order valence-corrected chi connectivity index (χ3v) is 4.80. The maximum absolute atomic E-state index is 12.4. The average Bonchev–Trinajstić information content (AvgIpc) is 3.34. The van der Waals surface area contributed by atoms with Gasteiger partial charge < -0.3 is 16.0 Å². The summed E-state index contributed by atoms with van der Waals surface area (Å²) < 4.78 is 1.87. The van der Waals surface area contributed by atoms with Crippen LogP contribution in [0.5, 0.6) is 0 Å². The molecule has 3 N–H and O–H groups in total. The molecular weight excluding hydrogens is 330 g/mol. The van der Waals surface area contributed by atoms with Crippen LogP contribution in [0.3, 0.4) is 0 Å². The Kier molecular flexibility index (Phi) is 4.71. The SMILES string of the molecule is O=C(NC1CC1)c1ccc(NC(=O)c2ccn(C3CCCNC3)n2)cc1. The van der Waals surface area contributed by atoms with Crippen LogP contribution < -0.4 is 16.0 Å². The van der Waals surface area contributed by atoms with E-state index >= 15 is 0 Å². The van der Waals surface area contributed by atoms with Gasteiger partial charge in [0.05, 0.1) is 6.04 Å². The highest BCUT2D eigenvalue weighted by atomic mass is 16.2. The first-order chi connectivity index (χ1) is 12.7. The van der Waals surface area contributed by atoms with Crippen LogP contribution in [0.25, 0.3) is 0 Å². The largest absolute Gasteiger partial charge is 0.349 e. The lowest BCUT2D eigenvalue weighted by atomic mass is 10.1. The Hall–Kier alpha value is -2.67. The minimum atomic E-state index is -0.247. The van der Waals surface area contributed by atoms with Gasteiger partial charge in [0.2, 0.25) is 0 Å². The van der Waals surface area contributed by atoms with Crippen LogP contribution >= 0.6 is 0 Å². The highest BCUT2D eigenvalue weighted by Gasteiger charge is 2.23. The summed E-state index contributed by atoms with van der Waals surface area (Å²) in [6, 6.07) is 9.29. The van der Waals surface area contributed by atoms with Crippen LogP contribution in [-0.4, -0.2) is 40.7 Å². The summed E-state index contributed by atoms with van der Waals surface area (Å²) >= 11 is 0. The summed E-state index contributed by atoms with van der Waals surface area (Å²) in [5, 5.41) is 13.5. The van der Waals surface area contributed by atoms with Crippen molar-refractivity contribution in [3.05, 3.63) is 47.8 Å². The molecule has 1 aliphatic carbocycles. The normalized spacial score (nSPS) is 19.8. The predicted octanol–water partition coefficient (Wildman–Crippen LogP) is 1.95. The molecule has 4 rings (SSSR count). The number of hydrogen-bond donors (Lipinski definition) is 3.